The summed E-state index contributed by atoms with van der Waals surface area (Å²) in [5, 5.41) is 8.87. The van der Waals surface area contributed by atoms with Crippen molar-refractivity contribution < 1.29 is 14.7 Å². The Hall–Kier alpha value is -1.10. The van der Waals surface area contributed by atoms with Crippen molar-refractivity contribution in [2.24, 2.45) is 11.1 Å². The summed E-state index contributed by atoms with van der Waals surface area (Å²) in [5.41, 5.74) is 5.51. The van der Waals surface area contributed by atoms with E-state index in [1.165, 1.54) is 6.42 Å². The van der Waals surface area contributed by atoms with E-state index in [2.05, 4.69) is 0 Å². The molecule has 1 rings (SSSR count). The van der Waals surface area contributed by atoms with Gasteiger partial charge in [0.1, 0.15) is 0 Å². The lowest BCUT2D eigenvalue weighted by Gasteiger charge is -2.41. The number of carboxylic acid groups (broad SMARTS) is 1. The maximum absolute atomic E-state index is 12.7. The summed E-state index contributed by atoms with van der Waals surface area (Å²) in [6, 6.07) is 0. The van der Waals surface area contributed by atoms with E-state index in [1.807, 2.05) is 20.8 Å². The van der Waals surface area contributed by atoms with Gasteiger partial charge in [-0.25, -0.2) is 0 Å². The first-order valence-electron chi connectivity index (χ1n) is 7.92. The predicted molar refractivity (Wildman–Crippen MR) is 82.9 cm³/mol. The number of nitrogens with zero attached hydrogens (tertiary/aromatic N) is 1. The third-order valence-electron chi connectivity index (χ3n) is 4.53. The molecule has 0 heterocycles. The van der Waals surface area contributed by atoms with Gasteiger partial charge in [-0.3, -0.25) is 9.59 Å². The number of amides is 1. The van der Waals surface area contributed by atoms with E-state index in [1.54, 1.807) is 4.90 Å². The van der Waals surface area contributed by atoms with Crippen LogP contribution in [-0.4, -0.2) is 40.5 Å². The molecule has 0 atom stereocenters. The van der Waals surface area contributed by atoms with Crippen molar-refractivity contribution in [2.75, 3.05) is 13.1 Å². The van der Waals surface area contributed by atoms with Gasteiger partial charge in [0.15, 0.2) is 0 Å². The molecule has 1 fully saturated rings. The summed E-state index contributed by atoms with van der Waals surface area (Å²) in [4.78, 5) is 25.2. The van der Waals surface area contributed by atoms with Crippen molar-refractivity contribution in [1.29, 1.82) is 0 Å². The maximum Gasteiger partial charge on any atom is 0.305 e. The zero-order chi connectivity index (χ0) is 16.1. The molecule has 0 unspecified atom stereocenters. The summed E-state index contributed by atoms with van der Waals surface area (Å²) in [5.74, 6) is -0.834. The monoisotopic (exact) mass is 298 g/mol. The number of nitrogens with two attached hydrogens (primary N) is 1. The van der Waals surface area contributed by atoms with Crippen molar-refractivity contribution >= 4 is 11.9 Å². The third kappa shape index (κ3) is 5.30. The van der Waals surface area contributed by atoms with E-state index in [-0.39, 0.29) is 29.8 Å². The van der Waals surface area contributed by atoms with Crippen molar-refractivity contribution in [3.05, 3.63) is 0 Å². The maximum atomic E-state index is 12.7. The van der Waals surface area contributed by atoms with Crippen LogP contribution >= 0.6 is 0 Å². The minimum absolute atomic E-state index is 0.0152. The van der Waals surface area contributed by atoms with Crippen LogP contribution in [0.4, 0.5) is 0 Å². The van der Waals surface area contributed by atoms with Crippen molar-refractivity contribution in [2.45, 2.75) is 71.3 Å². The first-order valence-corrected chi connectivity index (χ1v) is 7.92. The summed E-state index contributed by atoms with van der Waals surface area (Å²) < 4.78 is 0. The van der Waals surface area contributed by atoms with Gasteiger partial charge in [0.25, 0.3) is 0 Å². The van der Waals surface area contributed by atoms with Gasteiger partial charge in [0.05, 0.1) is 6.42 Å². The quantitative estimate of drug-likeness (QED) is 0.788. The molecule has 0 spiro atoms. The standard InChI is InChI=1S/C16H30N2O3/c1-15(2,3)18(10-7-14(20)21)13(19)11-16(12-17)8-5-4-6-9-16/h4-12,17H2,1-3H3,(H,20,21). The van der Waals surface area contributed by atoms with Crippen LogP contribution in [0.5, 0.6) is 0 Å². The highest BCUT2D eigenvalue weighted by Gasteiger charge is 2.36. The number of carbonyl (C=O) groups is 2. The van der Waals surface area contributed by atoms with E-state index in [0.29, 0.717) is 13.0 Å². The van der Waals surface area contributed by atoms with Gasteiger partial charge >= 0.3 is 5.97 Å². The Morgan fingerprint density at radius 3 is 2.19 bits per heavy atom. The van der Waals surface area contributed by atoms with Gasteiger partial charge in [-0.2, -0.15) is 0 Å². The van der Waals surface area contributed by atoms with Crippen molar-refractivity contribution in [3.63, 3.8) is 0 Å². The second-order valence-corrected chi connectivity index (χ2v) is 7.30. The van der Waals surface area contributed by atoms with Crippen LogP contribution in [-0.2, 0) is 9.59 Å². The number of hydrogen-bond acceptors (Lipinski definition) is 3. The molecule has 3 N–H and O–H groups in total. The zero-order valence-corrected chi connectivity index (χ0v) is 13.7. The molecule has 0 bridgehead atoms. The van der Waals surface area contributed by atoms with Gasteiger partial charge in [-0.05, 0) is 45.6 Å². The second kappa shape index (κ2) is 7.25. The summed E-state index contributed by atoms with van der Waals surface area (Å²) in [6.07, 6.45) is 5.93. The molecule has 5 heteroatoms. The minimum atomic E-state index is -0.872. The lowest BCUT2D eigenvalue weighted by Crippen LogP contribution is -2.49. The largest absolute Gasteiger partial charge is 0.481 e. The molecule has 0 saturated heterocycles. The first kappa shape index (κ1) is 18.0. The molecule has 0 aromatic rings. The van der Waals surface area contributed by atoms with Crippen LogP contribution in [0.25, 0.3) is 0 Å². The highest BCUT2D eigenvalue weighted by molar-refractivity contribution is 5.78. The highest BCUT2D eigenvalue weighted by atomic mass is 16.4. The second-order valence-electron chi connectivity index (χ2n) is 7.30. The molecular formula is C16H30N2O3. The van der Waals surface area contributed by atoms with E-state index in [9.17, 15) is 9.59 Å². The molecular weight excluding hydrogens is 268 g/mol. The van der Waals surface area contributed by atoms with Gasteiger partial charge in [-0.15, -0.1) is 0 Å². The number of hydrogen-bond donors (Lipinski definition) is 2. The Balaban J connectivity index is 2.77. The average molecular weight is 298 g/mol. The summed E-state index contributed by atoms with van der Waals surface area (Å²) in [6.45, 7) is 6.64. The minimum Gasteiger partial charge on any atom is -0.481 e. The molecule has 122 valence electrons. The van der Waals surface area contributed by atoms with Gasteiger partial charge in [0, 0.05) is 18.5 Å². The molecule has 0 radical (unpaired) electrons. The summed E-state index contributed by atoms with van der Waals surface area (Å²) in [7, 11) is 0. The SMILES string of the molecule is CC(C)(C)N(CCC(=O)O)C(=O)CC1(CN)CCCCC1. The van der Waals surface area contributed by atoms with Crippen LogP contribution in [0.1, 0.15) is 65.7 Å². The first-order chi connectivity index (χ1) is 9.70. The van der Waals surface area contributed by atoms with E-state index >= 15 is 0 Å². The molecule has 1 amide bonds. The molecule has 0 aromatic heterocycles. The van der Waals surface area contributed by atoms with Crippen LogP contribution in [0, 0.1) is 5.41 Å². The van der Waals surface area contributed by atoms with Gasteiger partial charge < -0.3 is 15.7 Å². The molecule has 5 nitrogen and oxygen atoms in total. The van der Waals surface area contributed by atoms with Gasteiger partial charge in [-0.1, -0.05) is 19.3 Å². The van der Waals surface area contributed by atoms with Gasteiger partial charge in [0.2, 0.25) is 5.91 Å². The normalized spacial score (nSPS) is 18.3. The van der Waals surface area contributed by atoms with E-state index in [0.717, 1.165) is 25.7 Å². The van der Waals surface area contributed by atoms with Crippen molar-refractivity contribution in [3.8, 4) is 0 Å². The zero-order valence-electron chi connectivity index (χ0n) is 13.7. The fraction of sp³-hybridized carbons (Fsp3) is 0.875. The average Bonchev–Trinajstić information content (AvgIpc) is 2.38. The number of rotatable bonds is 6. The molecule has 21 heavy (non-hydrogen) atoms. The molecule has 0 aliphatic heterocycles. The molecule has 1 saturated carbocycles. The van der Waals surface area contributed by atoms with E-state index in [4.69, 9.17) is 10.8 Å². The van der Waals surface area contributed by atoms with Crippen LogP contribution in [0.15, 0.2) is 0 Å². The Morgan fingerprint density at radius 2 is 1.76 bits per heavy atom. The number of aliphatic carboxylic acids is 1. The van der Waals surface area contributed by atoms with Crippen LogP contribution < -0.4 is 5.73 Å². The molecule has 1 aliphatic rings. The lowest BCUT2D eigenvalue weighted by atomic mass is 9.71. The predicted octanol–water partition coefficient (Wildman–Crippen LogP) is 2.39. The lowest BCUT2D eigenvalue weighted by molar-refractivity contribution is -0.142. The number of carbonyl (C=O) groups excluding carboxylic acids is 1. The van der Waals surface area contributed by atoms with Crippen molar-refractivity contribution in [1.82, 2.24) is 4.90 Å². The fourth-order valence-corrected chi connectivity index (χ4v) is 3.21. The fourth-order valence-electron chi connectivity index (χ4n) is 3.21. The van der Waals surface area contributed by atoms with E-state index < -0.39 is 5.97 Å². The number of carboxylic acids is 1. The topological polar surface area (TPSA) is 83.6 Å². The summed E-state index contributed by atoms with van der Waals surface area (Å²) >= 11 is 0. The highest BCUT2D eigenvalue weighted by Crippen LogP contribution is 2.39. The Morgan fingerprint density at radius 1 is 1.19 bits per heavy atom. The molecule has 0 aromatic carbocycles. The smallest absolute Gasteiger partial charge is 0.305 e. The Kier molecular flexibility index (Phi) is 6.20. The molecule has 1 aliphatic carbocycles. The Bertz CT molecular complexity index is 368. The third-order valence-corrected chi connectivity index (χ3v) is 4.53. The van der Waals surface area contributed by atoms with Crippen LogP contribution in [0.2, 0.25) is 0 Å². The Labute approximate surface area is 127 Å². The van der Waals surface area contributed by atoms with Crippen LogP contribution in [0.3, 0.4) is 0 Å².